The van der Waals surface area contributed by atoms with Crippen molar-refractivity contribution >= 4 is 16.8 Å². The number of aromatic nitrogens is 2. The number of amides is 1. The lowest BCUT2D eigenvalue weighted by atomic mass is 9.93. The van der Waals surface area contributed by atoms with Gasteiger partial charge >= 0.3 is 0 Å². The van der Waals surface area contributed by atoms with E-state index in [4.69, 9.17) is 4.52 Å². The monoisotopic (exact) mass is 323 g/mol. The van der Waals surface area contributed by atoms with Gasteiger partial charge in [-0.2, -0.15) is 0 Å². The summed E-state index contributed by atoms with van der Waals surface area (Å²) >= 11 is 0. The lowest BCUT2D eigenvalue weighted by Gasteiger charge is -2.12. The van der Waals surface area contributed by atoms with Crippen LogP contribution in [-0.4, -0.2) is 22.6 Å². The van der Waals surface area contributed by atoms with Crippen molar-refractivity contribution < 1.29 is 9.32 Å². The molecule has 1 amide bonds. The number of hydrogen-bond acceptors (Lipinski definition) is 4. The van der Waals surface area contributed by atoms with Gasteiger partial charge in [-0.3, -0.25) is 9.78 Å². The van der Waals surface area contributed by atoms with Gasteiger partial charge in [0.1, 0.15) is 5.76 Å². The van der Waals surface area contributed by atoms with Gasteiger partial charge in [-0.1, -0.05) is 44.1 Å². The van der Waals surface area contributed by atoms with Gasteiger partial charge in [-0.05, 0) is 24.1 Å². The van der Waals surface area contributed by atoms with Crippen LogP contribution in [0.3, 0.4) is 0 Å². The highest BCUT2D eigenvalue weighted by Crippen LogP contribution is 2.22. The van der Waals surface area contributed by atoms with E-state index >= 15 is 0 Å². The van der Waals surface area contributed by atoms with E-state index in [9.17, 15) is 4.79 Å². The Hall–Kier alpha value is -2.69. The van der Waals surface area contributed by atoms with Gasteiger partial charge in [0.15, 0.2) is 5.69 Å². The fourth-order valence-electron chi connectivity index (χ4n) is 2.40. The smallest absolute Gasteiger partial charge is 0.273 e. The fraction of sp³-hybridized carbons (Fsp3) is 0.316. The maximum atomic E-state index is 12.1. The average Bonchev–Trinajstić information content (AvgIpc) is 3.05. The molecule has 2 heterocycles. The Balaban J connectivity index is 1.59. The number of carbonyl (C=O) groups is 1. The molecule has 2 aromatic heterocycles. The van der Waals surface area contributed by atoms with E-state index < -0.39 is 0 Å². The van der Waals surface area contributed by atoms with Crippen LogP contribution in [0.5, 0.6) is 0 Å². The van der Waals surface area contributed by atoms with Crippen LogP contribution in [0.4, 0.5) is 0 Å². The molecule has 0 spiro atoms. The molecule has 0 bridgehead atoms. The van der Waals surface area contributed by atoms with E-state index in [1.807, 2.05) is 51.2 Å². The third-order valence-corrected chi connectivity index (χ3v) is 3.83. The highest BCUT2D eigenvalue weighted by Gasteiger charge is 2.21. The second-order valence-electron chi connectivity index (χ2n) is 6.87. The Bertz CT molecular complexity index is 862. The number of para-hydroxylation sites is 1. The first-order valence-electron chi connectivity index (χ1n) is 8.02. The molecular weight excluding hydrogens is 302 g/mol. The Morgan fingerprint density at radius 3 is 2.75 bits per heavy atom. The van der Waals surface area contributed by atoms with Gasteiger partial charge in [-0.15, -0.1) is 0 Å². The zero-order chi connectivity index (χ0) is 17.2. The van der Waals surface area contributed by atoms with E-state index in [0.29, 0.717) is 24.4 Å². The number of carbonyl (C=O) groups excluding carboxylic acids is 1. The molecule has 3 aromatic rings. The van der Waals surface area contributed by atoms with Crippen LogP contribution in [0.25, 0.3) is 10.9 Å². The Morgan fingerprint density at radius 2 is 2.00 bits per heavy atom. The summed E-state index contributed by atoms with van der Waals surface area (Å²) < 4.78 is 5.24. The minimum absolute atomic E-state index is 0.164. The molecule has 0 aliphatic heterocycles. The number of benzene rings is 1. The normalized spacial score (nSPS) is 11.6. The zero-order valence-corrected chi connectivity index (χ0v) is 14.2. The van der Waals surface area contributed by atoms with Gasteiger partial charge in [0, 0.05) is 29.6 Å². The highest BCUT2D eigenvalue weighted by atomic mass is 16.5. The van der Waals surface area contributed by atoms with Crippen molar-refractivity contribution in [1.29, 1.82) is 0 Å². The second-order valence-corrected chi connectivity index (χ2v) is 6.87. The SMILES string of the molecule is CC(C)(C)c1cc(C(=O)NCCc2cnc3ccccc3c2)no1. The second kappa shape index (κ2) is 6.43. The first kappa shape index (κ1) is 16.2. The molecule has 5 nitrogen and oxygen atoms in total. The summed E-state index contributed by atoms with van der Waals surface area (Å²) in [6.45, 7) is 6.57. The molecule has 0 saturated heterocycles. The van der Waals surface area contributed by atoms with Gasteiger partial charge in [0.25, 0.3) is 5.91 Å². The van der Waals surface area contributed by atoms with Crippen molar-refractivity contribution in [3.05, 3.63) is 59.6 Å². The molecule has 0 atom stereocenters. The van der Waals surface area contributed by atoms with Crippen molar-refractivity contribution in [3.63, 3.8) is 0 Å². The summed E-state index contributed by atoms with van der Waals surface area (Å²) in [5.74, 6) is 0.481. The predicted octanol–water partition coefficient (Wildman–Crippen LogP) is 3.49. The van der Waals surface area contributed by atoms with Gasteiger partial charge in [-0.25, -0.2) is 0 Å². The van der Waals surface area contributed by atoms with E-state index in [1.165, 1.54) is 0 Å². The molecule has 0 fully saturated rings. The number of fused-ring (bicyclic) bond motifs is 1. The Morgan fingerprint density at radius 1 is 1.21 bits per heavy atom. The number of hydrogen-bond donors (Lipinski definition) is 1. The average molecular weight is 323 g/mol. The summed E-state index contributed by atoms with van der Waals surface area (Å²) in [4.78, 5) is 16.6. The van der Waals surface area contributed by atoms with E-state index in [2.05, 4.69) is 21.5 Å². The lowest BCUT2D eigenvalue weighted by molar-refractivity contribution is 0.0945. The zero-order valence-electron chi connectivity index (χ0n) is 14.2. The van der Waals surface area contributed by atoms with Crippen molar-refractivity contribution in [3.8, 4) is 0 Å². The minimum Gasteiger partial charge on any atom is -0.360 e. The number of rotatable bonds is 4. The molecule has 24 heavy (non-hydrogen) atoms. The molecule has 0 radical (unpaired) electrons. The van der Waals surface area contributed by atoms with Crippen LogP contribution < -0.4 is 5.32 Å². The summed E-state index contributed by atoms with van der Waals surface area (Å²) in [5, 5.41) is 7.83. The molecule has 5 heteroatoms. The molecule has 0 saturated carbocycles. The van der Waals surface area contributed by atoms with Gasteiger partial charge in [0.05, 0.1) is 5.52 Å². The number of nitrogens with zero attached hydrogens (tertiary/aromatic N) is 2. The van der Waals surface area contributed by atoms with Crippen molar-refractivity contribution in [2.24, 2.45) is 0 Å². The summed E-state index contributed by atoms with van der Waals surface area (Å²) in [7, 11) is 0. The molecule has 1 aromatic carbocycles. The third kappa shape index (κ3) is 3.62. The van der Waals surface area contributed by atoms with Crippen LogP contribution in [0.2, 0.25) is 0 Å². The van der Waals surface area contributed by atoms with E-state index in [1.54, 1.807) is 6.07 Å². The fourth-order valence-corrected chi connectivity index (χ4v) is 2.40. The molecule has 0 aliphatic rings. The van der Waals surface area contributed by atoms with Gasteiger partial charge in [0.2, 0.25) is 0 Å². The molecular formula is C19H21N3O2. The van der Waals surface area contributed by atoms with Crippen molar-refractivity contribution in [2.75, 3.05) is 6.54 Å². The number of pyridine rings is 1. The quantitative estimate of drug-likeness (QED) is 0.798. The third-order valence-electron chi connectivity index (χ3n) is 3.83. The standard InChI is InChI=1S/C19H21N3O2/c1-19(2,3)17-11-16(22-24-17)18(23)20-9-8-13-10-14-6-4-5-7-15(14)21-12-13/h4-7,10-12H,8-9H2,1-3H3,(H,20,23). The highest BCUT2D eigenvalue weighted by molar-refractivity contribution is 5.92. The molecule has 0 aliphatic carbocycles. The van der Waals surface area contributed by atoms with Gasteiger partial charge < -0.3 is 9.84 Å². The molecule has 1 N–H and O–H groups in total. The number of nitrogens with one attached hydrogen (secondary N) is 1. The molecule has 124 valence electrons. The molecule has 0 unspecified atom stereocenters. The summed E-state index contributed by atoms with van der Waals surface area (Å²) in [5.41, 5.74) is 2.21. The van der Waals surface area contributed by atoms with Crippen molar-refractivity contribution in [1.82, 2.24) is 15.5 Å². The topological polar surface area (TPSA) is 68.0 Å². The first-order chi connectivity index (χ1) is 11.4. The van der Waals surface area contributed by atoms with Crippen LogP contribution in [-0.2, 0) is 11.8 Å². The van der Waals surface area contributed by atoms with E-state index in [0.717, 1.165) is 16.5 Å². The Labute approximate surface area is 141 Å². The summed E-state index contributed by atoms with van der Waals surface area (Å²) in [6.07, 6.45) is 2.57. The molecule has 3 rings (SSSR count). The summed E-state index contributed by atoms with van der Waals surface area (Å²) in [6, 6.07) is 11.8. The largest absolute Gasteiger partial charge is 0.360 e. The van der Waals surface area contributed by atoms with Crippen LogP contribution in [0.1, 0.15) is 42.6 Å². The van der Waals surface area contributed by atoms with Crippen LogP contribution in [0.15, 0.2) is 47.1 Å². The van der Waals surface area contributed by atoms with Crippen molar-refractivity contribution in [2.45, 2.75) is 32.6 Å². The Kier molecular flexibility index (Phi) is 4.34. The van der Waals surface area contributed by atoms with E-state index in [-0.39, 0.29) is 11.3 Å². The minimum atomic E-state index is -0.219. The first-order valence-corrected chi connectivity index (χ1v) is 8.02. The van der Waals surface area contributed by atoms with Crippen LogP contribution in [0, 0.1) is 0 Å². The lowest BCUT2D eigenvalue weighted by Crippen LogP contribution is -2.26. The maximum absolute atomic E-state index is 12.1. The predicted molar refractivity (Wildman–Crippen MR) is 93.0 cm³/mol. The maximum Gasteiger partial charge on any atom is 0.273 e. The van der Waals surface area contributed by atoms with Crippen LogP contribution >= 0.6 is 0 Å².